The predicted molar refractivity (Wildman–Crippen MR) is 54.0 cm³/mol. The van der Waals surface area contributed by atoms with Gasteiger partial charge in [-0.2, -0.15) is 5.26 Å². The van der Waals surface area contributed by atoms with Crippen molar-refractivity contribution >= 4 is 28.3 Å². The van der Waals surface area contributed by atoms with E-state index in [-0.39, 0.29) is 0 Å². The first-order valence-corrected chi connectivity index (χ1v) is 4.38. The fourth-order valence-electron chi connectivity index (χ4n) is 0.875. The second kappa shape index (κ2) is 4.58. The summed E-state index contributed by atoms with van der Waals surface area (Å²) >= 11 is 3.30. The van der Waals surface area contributed by atoms with Gasteiger partial charge in [0.2, 0.25) is 0 Å². The SMILES string of the molecule is N#Cc1ccc(C=CC=O)c(Br)c1. The highest BCUT2D eigenvalue weighted by Gasteiger charge is 1.96. The molecule has 0 heterocycles. The molecule has 0 saturated carbocycles. The van der Waals surface area contributed by atoms with Gasteiger partial charge in [-0.1, -0.05) is 28.1 Å². The van der Waals surface area contributed by atoms with Gasteiger partial charge in [0, 0.05) is 4.47 Å². The quantitative estimate of drug-likeness (QED) is 0.584. The number of hydrogen-bond acceptors (Lipinski definition) is 2. The van der Waals surface area contributed by atoms with Gasteiger partial charge >= 0.3 is 0 Å². The first-order chi connectivity index (χ1) is 6.27. The average molecular weight is 236 g/mol. The molecular weight excluding hydrogens is 230 g/mol. The van der Waals surface area contributed by atoms with Crippen molar-refractivity contribution in [1.82, 2.24) is 0 Å². The minimum absolute atomic E-state index is 0.593. The zero-order valence-corrected chi connectivity index (χ0v) is 8.28. The van der Waals surface area contributed by atoms with Gasteiger partial charge in [-0.25, -0.2) is 0 Å². The Morgan fingerprint density at radius 1 is 1.46 bits per heavy atom. The van der Waals surface area contributed by atoms with Crippen molar-refractivity contribution in [2.24, 2.45) is 0 Å². The van der Waals surface area contributed by atoms with Crippen molar-refractivity contribution in [2.75, 3.05) is 0 Å². The Labute approximate surface area is 84.6 Å². The maximum Gasteiger partial charge on any atom is 0.142 e. The number of carbonyl (C=O) groups is 1. The summed E-state index contributed by atoms with van der Waals surface area (Å²) in [4.78, 5) is 10.1. The number of aldehydes is 1. The minimum Gasteiger partial charge on any atom is -0.299 e. The number of benzene rings is 1. The fraction of sp³-hybridized carbons (Fsp3) is 0. The van der Waals surface area contributed by atoms with Crippen LogP contribution in [0.25, 0.3) is 6.08 Å². The number of rotatable bonds is 2. The fourth-order valence-corrected chi connectivity index (χ4v) is 1.39. The van der Waals surface area contributed by atoms with Crippen LogP contribution in [0.4, 0.5) is 0 Å². The van der Waals surface area contributed by atoms with E-state index in [1.165, 1.54) is 6.08 Å². The number of nitrogens with zero attached hydrogens (tertiary/aromatic N) is 1. The van der Waals surface area contributed by atoms with E-state index in [0.29, 0.717) is 11.8 Å². The van der Waals surface area contributed by atoms with Crippen LogP contribution >= 0.6 is 15.9 Å². The third kappa shape index (κ3) is 2.53. The largest absolute Gasteiger partial charge is 0.299 e. The molecular formula is C10H6BrNO. The zero-order chi connectivity index (χ0) is 9.68. The van der Waals surface area contributed by atoms with Crippen molar-refractivity contribution in [3.8, 4) is 6.07 Å². The lowest BCUT2D eigenvalue weighted by Gasteiger charge is -1.97. The van der Waals surface area contributed by atoms with Crippen molar-refractivity contribution in [3.63, 3.8) is 0 Å². The van der Waals surface area contributed by atoms with Gasteiger partial charge in [-0.05, 0) is 23.8 Å². The Hall–Kier alpha value is -1.40. The Kier molecular flexibility index (Phi) is 3.41. The average Bonchev–Trinajstić information content (AvgIpc) is 2.16. The van der Waals surface area contributed by atoms with Crippen LogP contribution in [0, 0.1) is 11.3 Å². The Morgan fingerprint density at radius 2 is 2.23 bits per heavy atom. The smallest absolute Gasteiger partial charge is 0.142 e. The third-order valence-corrected chi connectivity index (χ3v) is 2.17. The van der Waals surface area contributed by atoms with Crippen LogP contribution in [-0.2, 0) is 4.79 Å². The van der Waals surface area contributed by atoms with Gasteiger partial charge in [0.15, 0.2) is 0 Å². The number of hydrogen-bond donors (Lipinski definition) is 0. The molecule has 1 aromatic carbocycles. The highest BCUT2D eigenvalue weighted by atomic mass is 79.9. The lowest BCUT2D eigenvalue weighted by atomic mass is 10.1. The van der Waals surface area contributed by atoms with E-state index in [1.807, 2.05) is 6.07 Å². The molecule has 0 atom stereocenters. The summed E-state index contributed by atoms with van der Waals surface area (Å²) in [5, 5.41) is 8.58. The molecule has 0 saturated heterocycles. The number of allylic oxidation sites excluding steroid dienone is 1. The summed E-state index contributed by atoms with van der Waals surface area (Å²) in [6, 6.07) is 7.22. The van der Waals surface area contributed by atoms with E-state index in [2.05, 4.69) is 15.9 Å². The molecule has 0 aliphatic rings. The van der Waals surface area contributed by atoms with Gasteiger partial charge in [0.1, 0.15) is 6.29 Å². The first-order valence-electron chi connectivity index (χ1n) is 3.59. The molecule has 0 N–H and O–H groups in total. The van der Waals surface area contributed by atoms with Crippen molar-refractivity contribution in [3.05, 3.63) is 39.9 Å². The Morgan fingerprint density at radius 3 is 2.77 bits per heavy atom. The van der Waals surface area contributed by atoms with Crippen LogP contribution in [-0.4, -0.2) is 6.29 Å². The summed E-state index contributed by atoms with van der Waals surface area (Å²) in [6.07, 6.45) is 3.80. The normalized spacial score (nSPS) is 9.85. The molecule has 0 aromatic heterocycles. The minimum atomic E-state index is 0.593. The van der Waals surface area contributed by atoms with Gasteiger partial charge in [-0.15, -0.1) is 0 Å². The first kappa shape index (κ1) is 9.69. The molecule has 0 radical (unpaired) electrons. The molecule has 0 amide bonds. The van der Waals surface area contributed by atoms with E-state index in [0.717, 1.165) is 10.0 Å². The summed E-state index contributed by atoms with van der Waals surface area (Å²) in [5.41, 5.74) is 1.47. The lowest BCUT2D eigenvalue weighted by Crippen LogP contribution is -1.79. The number of carbonyl (C=O) groups excluding carboxylic acids is 1. The molecule has 0 aliphatic carbocycles. The van der Waals surface area contributed by atoms with Gasteiger partial charge in [-0.3, -0.25) is 4.79 Å². The van der Waals surface area contributed by atoms with Crippen LogP contribution < -0.4 is 0 Å². The maximum atomic E-state index is 10.1. The van der Waals surface area contributed by atoms with Crippen LogP contribution in [0.5, 0.6) is 0 Å². The molecule has 0 aliphatic heterocycles. The third-order valence-electron chi connectivity index (χ3n) is 1.48. The molecule has 1 rings (SSSR count). The molecule has 0 bridgehead atoms. The standard InChI is InChI=1S/C10H6BrNO/c11-10-6-8(7-12)3-4-9(10)2-1-5-13/h1-6H. The van der Waals surface area contributed by atoms with E-state index in [4.69, 9.17) is 5.26 Å². The molecule has 13 heavy (non-hydrogen) atoms. The monoisotopic (exact) mass is 235 g/mol. The number of halogens is 1. The van der Waals surface area contributed by atoms with Crippen LogP contribution in [0.15, 0.2) is 28.7 Å². The zero-order valence-electron chi connectivity index (χ0n) is 6.70. The van der Waals surface area contributed by atoms with Gasteiger partial charge < -0.3 is 0 Å². The molecule has 0 fully saturated rings. The van der Waals surface area contributed by atoms with Gasteiger partial charge in [0.25, 0.3) is 0 Å². The second-order valence-electron chi connectivity index (χ2n) is 2.34. The molecule has 2 nitrogen and oxygen atoms in total. The maximum absolute atomic E-state index is 10.1. The molecule has 0 spiro atoms. The van der Waals surface area contributed by atoms with Crippen LogP contribution in [0.2, 0.25) is 0 Å². The van der Waals surface area contributed by atoms with Crippen molar-refractivity contribution in [2.45, 2.75) is 0 Å². The Bertz CT molecular complexity index is 390. The molecule has 1 aromatic rings. The summed E-state index contributed by atoms with van der Waals surface area (Å²) in [5.74, 6) is 0. The summed E-state index contributed by atoms with van der Waals surface area (Å²) < 4.78 is 0.810. The van der Waals surface area contributed by atoms with E-state index < -0.39 is 0 Å². The number of nitriles is 1. The van der Waals surface area contributed by atoms with Crippen molar-refractivity contribution in [1.29, 1.82) is 5.26 Å². The summed E-state index contributed by atoms with van der Waals surface area (Å²) in [7, 11) is 0. The van der Waals surface area contributed by atoms with E-state index in [9.17, 15) is 4.79 Å². The predicted octanol–water partition coefficient (Wildman–Crippen LogP) is 2.53. The van der Waals surface area contributed by atoms with E-state index in [1.54, 1.807) is 24.3 Å². The van der Waals surface area contributed by atoms with Crippen molar-refractivity contribution < 1.29 is 4.79 Å². The van der Waals surface area contributed by atoms with E-state index >= 15 is 0 Å². The highest BCUT2D eigenvalue weighted by molar-refractivity contribution is 9.10. The topological polar surface area (TPSA) is 40.9 Å². The lowest BCUT2D eigenvalue weighted by molar-refractivity contribution is -0.104. The molecule has 3 heteroatoms. The highest BCUT2D eigenvalue weighted by Crippen LogP contribution is 2.19. The van der Waals surface area contributed by atoms with Gasteiger partial charge in [0.05, 0.1) is 11.6 Å². The molecule has 0 unspecified atom stereocenters. The molecule has 64 valence electrons. The summed E-state index contributed by atoms with van der Waals surface area (Å²) in [6.45, 7) is 0. The second-order valence-corrected chi connectivity index (χ2v) is 3.20. The van der Waals surface area contributed by atoms with Crippen LogP contribution in [0.1, 0.15) is 11.1 Å². The Balaban J connectivity index is 3.06. The van der Waals surface area contributed by atoms with Crippen LogP contribution in [0.3, 0.4) is 0 Å².